The van der Waals surface area contributed by atoms with Crippen molar-refractivity contribution in [1.29, 1.82) is 0 Å². The lowest BCUT2D eigenvalue weighted by Crippen LogP contribution is -2.32. The number of benzene rings is 8. The van der Waals surface area contributed by atoms with Crippen molar-refractivity contribution in [3.05, 3.63) is 210 Å². The second-order valence-corrected chi connectivity index (χ2v) is 15.6. The van der Waals surface area contributed by atoms with Crippen molar-refractivity contribution in [2.45, 2.75) is 15.2 Å². The van der Waals surface area contributed by atoms with Crippen LogP contribution in [0.25, 0.3) is 72.2 Å². The first-order valence-corrected chi connectivity index (χ1v) is 19.6. The minimum Gasteiger partial charge on any atom is -0.277 e. The van der Waals surface area contributed by atoms with E-state index in [1.807, 2.05) is 11.8 Å². The monoisotopic (exact) mass is 717 g/mol. The molecule has 0 unspecified atom stereocenters. The highest BCUT2D eigenvalue weighted by molar-refractivity contribution is 7.99. The summed E-state index contributed by atoms with van der Waals surface area (Å²) in [6, 6.07) is 68.3. The fraction of sp³-hybridized carbons (Fsp3) is 0.0196. The van der Waals surface area contributed by atoms with Gasteiger partial charge in [0.1, 0.15) is 0 Å². The Labute approximate surface area is 322 Å². The summed E-state index contributed by atoms with van der Waals surface area (Å²) in [4.78, 5) is 13.4. The molecule has 12 rings (SSSR count). The van der Waals surface area contributed by atoms with Crippen LogP contribution in [0.5, 0.6) is 0 Å². The molecule has 0 radical (unpaired) electrons. The summed E-state index contributed by atoms with van der Waals surface area (Å²) >= 11 is 1.88. The molecule has 3 heterocycles. The molecule has 0 saturated heterocycles. The topological polar surface area (TPSA) is 30.7 Å². The van der Waals surface area contributed by atoms with Crippen LogP contribution in [0.2, 0.25) is 0 Å². The summed E-state index contributed by atoms with van der Waals surface area (Å²) in [6.45, 7) is 0. The van der Waals surface area contributed by atoms with Gasteiger partial charge < -0.3 is 0 Å². The Hall–Kier alpha value is -6.75. The second kappa shape index (κ2) is 11.6. The highest BCUT2D eigenvalue weighted by Gasteiger charge is 2.50. The molecule has 2 aromatic heterocycles. The molecule has 0 N–H and O–H groups in total. The number of aromatic nitrogens is 3. The van der Waals surface area contributed by atoms with Gasteiger partial charge >= 0.3 is 0 Å². The molecule has 0 bridgehead atoms. The Bertz CT molecular complexity index is 3080. The van der Waals surface area contributed by atoms with E-state index in [1.54, 1.807) is 0 Å². The fourth-order valence-electron chi connectivity index (χ4n) is 9.38. The molecule has 2 aliphatic rings. The van der Waals surface area contributed by atoms with Crippen molar-refractivity contribution >= 4 is 44.3 Å². The first kappa shape index (κ1) is 30.7. The smallest absolute Gasteiger partial charge is 0.235 e. The van der Waals surface area contributed by atoms with Gasteiger partial charge in [0.15, 0.2) is 0 Å². The zero-order chi connectivity index (χ0) is 36.1. The maximum absolute atomic E-state index is 5.43. The Balaban J connectivity index is 1.25. The zero-order valence-electron chi connectivity index (χ0n) is 29.6. The summed E-state index contributed by atoms with van der Waals surface area (Å²) in [6.07, 6.45) is 0. The van der Waals surface area contributed by atoms with Gasteiger partial charge in [-0.25, -0.2) is 9.97 Å². The van der Waals surface area contributed by atoms with E-state index in [9.17, 15) is 0 Å². The number of rotatable bonds is 3. The fourth-order valence-corrected chi connectivity index (χ4v) is 10.6. The molecular formula is C51H31N3S. The Morgan fingerprint density at radius 1 is 0.418 bits per heavy atom. The maximum Gasteiger partial charge on any atom is 0.235 e. The van der Waals surface area contributed by atoms with E-state index in [-0.39, 0.29) is 0 Å². The van der Waals surface area contributed by atoms with Crippen LogP contribution < -0.4 is 0 Å². The van der Waals surface area contributed by atoms with Crippen LogP contribution in [0.15, 0.2) is 198 Å². The average Bonchev–Trinajstić information content (AvgIpc) is 3.74. The predicted octanol–water partition coefficient (Wildman–Crippen LogP) is 12.9. The van der Waals surface area contributed by atoms with Gasteiger partial charge in [-0.05, 0) is 63.0 Å². The molecular weight excluding hydrogens is 687 g/mol. The van der Waals surface area contributed by atoms with Crippen LogP contribution in [0, 0.1) is 0 Å². The van der Waals surface area contributed by atoms with Crippen LogP contribution in [0.3, 0.4) is 0 Å². The van der Waals surface area contributed by atoms with Gasteiger partial charge in [0.25, 0.3) is 0 Å². The highest BCUT2D eigenvalue weighted by Crippen LogP contribution is 2.62. The summed E-state index contributed by atoms with van der Waals surface area (Å²) in [7, 11) is 0. The van der Waals surface area contributed by atoms with E-state index in [1.165, 1.54) is 64.7 Å². The molecule has 55 heavy (non-hydrogen) atoms. The van der Waals surface area contributed by atoms with Gasteiger partial charge in [-0.2, -0.15) is 0 Å². The van der Waals surface area contributed by atoms with E-state index in [0.29, 0.717) is 5.95 Å². The largest absolute Gasteiger partial charge is 0.277 e. The molecule has 0 saturated carbocycles. The second-order valence-electron chi connectivity index (χ2n) is 14.5. The van der Waals surface area contributed by atoms with E-state index in [4.69, 9.17) is 9.97 Å². The quantitative estimate of drug-likeness (QED) is 0.182. The molecule has 10 aromatic rings. The number of fused-ring (bicyclic) bond motifs is 14. The third-order valence-electron chi connectivity index (χ3n) is 11.7. The molecule has 8 aromatic carbocycles. The molecule has 3 nitrogen and oxygen atoms in total. The van der Waals surface area contributed by atoms with Crippen molar-refractivity contribution in [1.82, 2.24) is 14.5 Å². The first-order chi connectivity index (χ1) is 27.3. The SMILES string of the molecule is c1ccc(-c2cc(-c3ccccc3)nc(-n3c4cc5c(cc4c4ccc6ccccc6c43)Sc3ccccc3C53c4ccccc4-c4ccccc43)n2)cc1. The molecule has 4 heteroatoms. The van der Waals surface area contributed by atoms with Crippen molar-refractivity contribution in [3.63, 3.8) is 0 Å². The van der Waals surface area contributed by atoms with Crippen LogP contribution >= 0.6 is 11.8 Å². The van der Waals surface area contributed by atoms with Crippen LogP contribution in [0.1, 0.15) is 22.3 Å². The van der Waals surface area contributed by atoms with Crippen molar-refractivity contribution in [3.8, 4) is 39.6 Å². The van der Waals surface area contributed by atoms with Gasteiger partial charge in [0, 0.05) is 37.1 Å². The maximum atomic E-state index is 5.43. The number of hydrogen-bond donors (Lipinski definition) is 0. The third-order valence-corrected chi connectivity index (χ3v) is 12.8. The molecule has 0 amide bonds. The molecule has 1 spiro atoms. The standard InChI is InChI=1S/C51H31N3S/c1-3-16-33(17-4-1)44-31-45(34-18-5-2-6-19-34)53-50(52-44)54-46-30-43-48(29-39(46)38-28-27-32-15-7-8-20-35(32)49(38)54)55-47-26-14-13-25-42(47)51(43)40-23-11-9-21-36(40)37-22-10-12-24-41(37)51/h1-31H. The van der Waals surface area contributed by atoms with Crippen molar-refractivity contribution < 1.29 is 0 Å². The lowest BCUT2D eigenvalue weighted by Gasteiger charge is -2.39. The third kappa shape index (κ3) is 4.29. The Kier molecular flexibility index (Phi) is 6.48. The van der Waals surface area contributed by atoms with Crippen LogP contribution in [0.4, 0.5) is 0 Å². The Morgan fingerprint density at radius 3 is 1.69 bits per heavy atom. The molecule has 0 fully saturated rings. The average molecular weight is 718 g/mol. The van der Waals surface area contributed by atoms with Gasteiger partial charge in [0.2, 0.25) is 5.95 Å². The lowest BCUT2D eigenvalue weighted by atomic mass is 9.67. The first-order valence-electron chi connectivity index (χ1n) is 18.7. The Morgan fingerprint density at radius 2 is 1.00 bits per heavy atom. The lowest BCUT2D eigenvalue weighted by molar-refractivity contribution is 0.723. The zero-order valence-corrected chi connectivity index (χ0v) is 30.5. The van der Waals surface area contributed by atoms with Crippen LogP contribution in [-0.4, -0.2) is 14.5 Å². The highest BCUT2D eigenvalue weighted by atomic mass is 32.2. The van der Waals surface area contributed by atoms with Gasteiger partial charge in [0.05, 0.1) is 27.8 Å². The van der Waals surface area contributed by atoms with E-state index in [2.05, 4.69) is 193 Å². The molecule has 0 atom stereocenters. The van der Waals surface area contributed by atoms with Gasteiger partial charge in [-0.3, -0.25) is 4.57 Å². The van der Waals surface area contributed by atoms with E-state index < -0.39 is 5.41 Å². The van der Waals surface area contributed by atoms with Crippen molar-refractivity contribution in [2.24, 2.45) is 0 Å². The van der Waals surface area contributed by atoms with Gasteiger partial charge in [-0.15, -0.1) is 0 Å². The predicted molar refractivity (Wildman–Crippen MR) is 226 cm³/mol. The molecule has 256 valence electrons. The molecule has 1 aliphatic heterocycles. The minimum absolute atomic E-state index is 0.496. The van der Waals surface area contributed by atoms with E-state index >= 15 is 0 Å². The number of nitrogens with zero attached hydrogens (tertiary/aromatic N) is 3. The molecule has 1 aliphatic carbocycles. The summed E-state index contributed by atoms with van der Waals surface area (Å²) in [5.41, 5.74) is 13.4. The minimum atomic E-state index is -0.496. The van der Waals surface area contributed by atoms with Crippen molar-refractivity contribution in [2.75, 3.05) is 0 Å². The summed E-state index contributed by atoms with van der Waals surface area (Å²) < 4.78 is 2.35. The summed E-state index contributed by atoms with van der Waals surface area (Å²) in [5.74, 6) is 0.654. The van der Waals surface area contributed by atoms with Gasteiger partial charge in [-0.1, -0.05) is 176 Å². The number of hydrogen-bond acceptors (Lipinski definition) is 3. The summed E-state index contributed by atoms with van der Waals surface area (Å²) in [5, 5.41) is 4.73. The normalized spacial score (nSPS) is 13.5. The van der Waals surface area contributed by atoms with E-state index in [0.717, 1.165) is 33.5 Å². The van der Waals surface area contributed by atoms with Crippen LogP contribution in [-0.2, 0) is 5.41 Å².